The normalized spacial score (nSPS) is 20.8. The third kappa shape index (κ3) is 7.13. The number of aromatic nitrogens is 1. The summed E-state index contributed by atoms with van der Waals surface area (Å²) in [5.74, 6) is 1.59. The predicted molar refractivity (Wildman–Crippen MR) is 111 cm³/mol. The molecule has 1 saturated heterocycles. The Hall–Kier alpha value is -1.35. The Labute approximate surface area is 175 Å². The summed E-state index contributed by atoms with van der Waals surface area (Å²) in [6.45, 7) is 3.98. The third-order valence-electron chi connectivity index (χ3n) is 5.87. The van der Waals surface area contributed by atoms with Crippen molar-refractivity contribution in [1.82, 2.24) is 20.5 Å². The standard InChI is InChI=1S/C20H32F3N5S/c1-24-19(25-10-7-18-27-17(14-29-18)20(21,22)23)26-16-8-11-28(12-9-16)13-15-5-3-2-4-6-15/h14-16H,2-13H2,1H3,(H2,24,25,26). The van der Waals surface area contributed by atoms with Gasteiger partial charge < -0.3 is 15.5 Å². The molecule has 1 aromatic rings. The van der Waals surface area contributed by atoms with E-state index in [1.54, 1.807) is 7.05 Å². The van der Waals surface area contributed by atoms with Crippen molar-refractivity contribution in [3.8, 4) is 0 Å². The van der Waals surface area contributed by atoms with E-state index in [9.17, 15) is 13.2 Å². The van der Waals surface area contributed by atoms with Gasteiger partial charge in [-0.3, -0.25) is 4.99 Å². The number of guanidine groups is 1. The van der Waals surface area contributed by atoms with Crippen molar-refractivity contribution in [3.05, 3.63) is 16.1 Å². The Kier molecular flexibility index (Phi) is 8.17. The van der Waals surface area contributed by atoms with Gasteiger partial charge in [0.1, 0.15) is 0 Å². The zero-order valence-electron chi connectivity index (χ0n) is 17.1. The Morgan fingerprint density at radius 1 is 1.21 bits per heavy atom. The van der Waals surface area contributed by atoms with Gasteiger partial charge in [-0.15, -0.1) is 11.3 Å². The second-order valence-electron chi connectivity index (χ2n) is 8.10. The number of hydrogen-bond donors (Lipinski definition) is 2. The number of thiazole rings is 1. The molecule has 0 unspecified atom stereocenters. The highest BCUT2D eigenvalue weighted by atomic mass is 32.1. The van der Waals surface area contributed by atoms with Crippen LogP contribution in [0.4, 0.5) is 13.2 Å². The zero-order valence-corrected chi connectivity index (χ0v) is 17.9. The highest BCUT2D eigenvalue weighted by Gasteiger charge is 2.33. The largest absolute Gasteiger partial charge is 0.434 e. The molecule has 0 amide bonds. The van der Waals surface area contributed by atoms with Crippen LogP contribution in [0.5, 0.6) is 0 Å². The predicted octanol–water partition coefficient (Wildman–Crippen LogP) is 3.91. The van der Waals surface area contributed by atoms with Crippen molar-refractivity contribution >= 4 is 17.3 Å². The minimum atomic E-state index is -4.37. The Balaban J connectivity index is 1.34. The monoisotopic (exact) mass is 431 g/mol. The molecule has 0 aromatic carbocycles. The van der Waals surface area contributed by atoms with Gasteiger partial charge in [-0.1, -0.05) is 19.3 Å². The van der Waals surface area contributed by atoms with Gasteiger partial charge in [0, 0.05) is 51.1 Å². The summed E-state index contributed by atoms with van der Waals surface area (Å²) in [5.41, 5.74) is -0.806. The lowest BCUT2D eigenvalue weighted by atomic mass is 9.88. The first-order valence-electron chi connectivity index (χ1n) is 10.6. The lowest BCUT2D eigenvalue weighted by Gasteiger charge is -2.36. The molecule has 0 radical (unpaired) electrons. The van der Waals surface area contributed by atoms with Crippen LogP contribution in [0.25, 0.3) is 0 Å². The zero-order chi connectivity index (χ0) is 20.7. The van der Waals surface area contributed by atoms with E-state index in [-0.39, 0.29) is 0 Å². The number of nitrogens with one attached hydrogen (secondary N) is 2. The second kappa shape index (κ2) is 10.6. The van der Waals surface area contributed by atoms with Crippen molar-refractivity contribution < 1.29 is 13.2 Å². The molecular weight excluding hydrogens is 399 g/mol. The number of halogens is 3. The van der Waals surface area contributed by atoms with Crippen LogP contribution in [0.15, 0.2) is 10.4 Å². The van der Waals surface area contributed by atoms with Gasteiger partial charge in [0.25, 0.3) is 0 Å². The number of nitrogens with zero attached hydrogens (tertiary/aromatic N) is 3. The summed E-state index contributed by atoms with van der Waals surface area (Å²) in [6, 6.07) is 0.389. The van der Waals surface area contributed by atoms with Crippen LogP contribution in [-0.2, 0) is 12.6 Å². The molecule has 1 aliphatic carbocycles. The minimum Gasteiger partial charge on any atom is -0.356 e. The number of piperidine rings is 1. The molecule has 1 aliphatic heterocycles. The number of alkyl halides is 3. The maximum atomic E-state index is 12.6. The summed E-state index contributed by atoms with van der Waals surface area (Å²) in [7, 11) is 1.72. The molecule has 2 aliphatic rings. The molecule has 3 rings (SSSR count). The van der Waals surface area contributed by atoms with E-state index in [1.807, 2.05) is 0 Å². The van der Waals surface area contributed by atoms with E-state index >= 15 is 0 Å². The fourth-order valence-corrected chi connectivity index (χ4v) is 5.03. The number of hydrogen-bond acceptors (Lipinski definition) is 4. The Morgan fingerprint density at radius 3 is 2.55 bits per heavy atom. The first-order chi connectivity index (χ1) is 13.9. The van der Waals surface area contributed by atoms with Crippen LogP contribution in [0, 0.1) is 5.92 Å². The van der Waals surface area contributed by atoms with Gasteiger partial charge in [0.2, 0.25) is 0 Å². The van der Waals surface area contributed by atoms with Crippen LogP contribution < -0.4 is 10.6 Å². The highest BCUT2D eigenvalue weighted by Crippen LogP contribution is 2.30. The van der Waals surface area contributed by atoms with Crippen molar-refractivity contribution in [2.75, 3.05) is 33.2 Å². The molecule has 29 heavy (non-hydrogen) atoms. The van der Waals surface area contributed by atoms with Crippen LogP contribution in [-0.4, -0.2) is 55.1 Å². The van der Waals surface area contributed by atoms with Gasteiger partial charge in [-0.2, -0.15) is 13.2 Å². The molecule has 5 nitrogen and oxygen atoms in total. The molecule has 1 aromatic heterocycles. The Morgan fingerprint density at radius 2 is 1.93 bits per heavy atom. The molecule has 2 fully saturated rings. The van der Waals surface area contributed by atoms with Crippen molar-refractivity contribution in [2.24, 2.45) is 10.9 Å². The fourth-order valence-electron chi connectivity index (χ4n) is 4.23. The van der Waals surface area contributed by atoms with Gasteiger partial charge in [-0.05, 0) is 31.6 Å². The van der Waals surface area contributed by atoms with E-state index in [0.717, 1.165) is 48.6 Å². The molecule has 0 atom stereocenters. The van der Waals surface area contributed by atoms with E-state index in [4.69, 9.17) is 0 Å². The molecule has 0 bridgehead atoms. The number of likely N-dealkylation sites (tertiary alicyclic amines) is 1. The van der Waals surface area contributed by atoms with Gasteiger partial charge in [0.05, 0.1) is 5.01 Å². The molecule has 2 heterocycles. The van der Waals surface area contributed by atoms with E-state index in [0.29, 0.717) is 30.0 Å². The maximum Gasteiger partial charge on any atom is 0.434 e. The number of rotatable bonds is 6. The van der Waals surface area contributed by atoms with Crippen molar-refractivity contribution in [3.63, 3.8) is 0 Å². The molecule has 1 saturated carbocycles. The second-order valence-corrected chi connectivity index (χ2v) is 9.04. The third-order valence-corrected chi connectivity index (χ3v) is 6.78. The first-order valence-corrected chi connectivity index (χ1v) is 11.5. The van der Waals surface area contributed by atoms with Gasteiger partial charge in [-0.25, -0.2) is 4.98 Å². The van der Waals surface area contributed by atoms with Crippen LogP contribution in [0.1, 0.15) is 55.6 Å². The first kappa shape index (κ1) is 22.3. The molecule has 2 N–H and O–H groups in total. The van der Waals surface area contributed by atoms with E-state index < -0.39 is 11.9 Å². The smallest absolute Gasteiger partial charge is 0.356 e. The lowest BCUT2D eigenvalue weighted by molar-refractivity contribution is -0.140. The molecule has 0 spiro atoms. The summed E-state index contributed by atoms with van der Waals surface area (Å²) in [4.78, 5) is 10.5. The molecule has 164 valence electrons. The van der Waals surface area contributed by atoms with Crippen molar-refractivity contribution in [1.29, 1.82) is 0 Å². The average Bonchev–Trinajstić information content (AvgIpc) is 3.19. The van der Waals surface area contributed by atoms with Crippen molar-refractivity contribution in [2.45, 2.75) is 63.6 Å². The van der Waals surface area contributed by atoms with Crippen LogP contribution >= 0.6 is 11.3 Å². The summed E-state index contributed by atoms with van der Waals surface area (Å²) >= 11 is 1.05. The number of aliphatic imine (C=N–C) groups is 1. The van der Waals surface area contributed by atoms with E-state index in [2.05, 4.69) is 25.5 Å². The van der Waals surface area contributed by atoms with Crippen LogP contribution in [0.2, 0.25) is 0 Å². The van der Waals surface area contributed by atoms with E-state index in [1.165, 1.54) is 38.6 Å². The fraction of sp³-hybridized carbons (Fsp3) is 0.800. The average molecular weight is 432 g/mol. The molecule has 9 heteroatoms. The Bertz CT molecular complexity index is 647. The highest BCUT2D eigenvalue weighted by molar-refractivity contribution is 7.09. The maximum absolute atomic E-state index is 12.6. The quantitative estimate of drug-likeness (QED) is 0.530. The lowest BCUT2D eigenvalue weighted by Crippen LogP contribution is -2.49. The van der Waals surface area contributed by atoms with Crippen LogP contribution in [0.3, 0.4) is 0 Å². The topological polar surface area (TPSA) is 52.6 Å². The summed E-state index contributed by atoms with van der Waals surface area (Å²) < 4.78 is 37.9. The SMILES string of the molecule is CN=C(NCCc1nc(C(F)(F)F)cs1)NC1CCN(CC2CCCCC2)CC1. The summed E-state index contributed by atoms with van der Waals surface area (Å²) in [5, 5.41) is 8.22. The molecular formula is C20H32F3N5S. The van der Waals surface area contributed by atoms with Gasteiger partial charge >= 0.3 is 6.18 Å². The minimum absolute atomic E-state index is 0.389. The summed E-state index contributed by atoms with van der Waals surface area (Å²) in [6.07, 6.45) is 5.22. The van der Waals surface area contributed by atoms with Gasteiger partial charge in [0.15, 0.2) is 11.7 Å².